The first-order chi connectivity index (χ1) is 14.4. The fourth-order valence-electron chi connectivity index (χ4n) is 3.97. The van der Waals surface area contributed by atoms with Gasteiger partial charge in [-0.05, 0) is 31.2 Å². The van der Waals surface area contributed by atoms with Crippen LogP contribution in [0.25, 0.3) is 10.9 Å². The second-order valence-electron chi connectivity index (χ2n) is 8.19. The fourth-order valence-corrected chi connectivity index (χ4v) is 3.97. The van der Waals surface area contributed by atoms with Crippen LogP contribution >= 0.6 is 0 Å². The minimum atomic E-state index is -0.330. The lowest BCUT2D eigenvalue weighted by Gasteiger charge is -2.27. The third-order valence-electron chi connectivity index (χ3n) is 5.59. The lowest BCUT2D eigenvalue weighted by atomic mass is 9.87. The zero-order valence-electron chi connectivity index (χ0n) is 18.4. The van der Waals surface area contributed by atoms with Crippen LogP contribution in [-0.2, 0) is 16.0 Å². The number of nitrogens with one attached hydrogen (secondary N) is 1. The zero-order valence-corrected chi connectivity index (χ0v) is 18.4. The van der Waals surface area contributed by atoms with Crippen molar-refractivity contribution in [1.82, 2.24) is 9.66 Å². The van der Waals surface area contributed by atoms with Crippen LogP contribution in [0.1, 0.15) is 45.4 Å². The highest BCUT2D eigenvalue weighted by molar-refractivity contribution is 5.87. The summed E-state index contributed by atoms with van der Waals surface area (Å²) in [6, 6.07) is 3.29. The van der Waals surface area contributed by atoms with E-state index in [0.717, 1.165) is 19.3 Å². The minimum absolute atomic E-state index is 0.0767. The smallest absolute Gasteiger partial charge is 0.280 e. The summed E-state index contributed by atoms with van der Waals surface area (Å²) in [5.41, 5.74) is 3.01. The summed E-state index contributed by atoms with van der Waals surface area (Å²) in [7, 11) is 4.72. The molecule has 1 aliphatic rings. The fraction of sp³-hybridized carbons (Fsp3) is 0.591. The van der Waals surface area contributed by atoms with E-state index in [1.54, 1.807) is 19.2 Å². The molecule has 1 saturated carbocycles. The standard InChI is InChI=1S/C22H31N3O5/c1-13(2)9-20-23-17-12-19(30-5)18(29-4)11-16(17)22(27)25(20)24-21(26)14-7-6-8-15(10-14)28-3/h11-15H,6-10H2,1-5H3,(H,24,26)/t14-,15+/m0/s1. The van der Waals surface area contributed by atoms with Gasteiger partial charge in [0.2, 0.25) is 5.91 Å². The first-order valence-corrected chi connectivity index (χ1v) is 10.4. The number of ether oxygens (including phenoxy) is 3. The molecule has 1 heterocycles. The van der Waals surface area contributed by atoms with Crippen LogP contribution in [0.15, 0.2) is 16.9 Å². The first-order valence-electron chi connectivity index (χ1n) is 10.4. The number of carbonyl (C=O) groups is 1. The molecule has 2 atom stereocenters. The Morgan fingerprint density at radius 2 is 1.90 bits per heavy atom. The molecule has 0 aliphatic heterocycles. The SMILES string of the molecule is COc1cc2nc(CC(C)C)n(NC(=O)[C@H]3CCC[C@@H](OC)C3)c(=O)c2cc1OC. The van der Waals surface area contributed by atoms with E-state index in [1.807, 2.05) is 13.8 Å². The Morgan fingerprint density at radius 1 is 1.20 bits per heavy atom. The topological polar surface area (TPSA) is 91.7 Å². The van der Waals surface area contributed by atoms with Crippen molar-refractivity contribution in [2.75, 3.05) is 26.8 Å². The van der Waals surface area contributed by atoms with Gasteiger partial charge in [0.25, 0.3) is 5.56 Å². The summed E-state index contributed by atoms with van der Waals surface area (Å²) in [6.07, 6.45) is 3.95. The predicted octanol–water partition coefficient (Wildman–Crippen LogP) is 2.89. The van der Waals surface area contributed by atoms with E-state index in [0.29, 0.717) is 41.1 Å². The van der Waals surface area contributed by atoms with Crippen LogP contribution < -0.4 is 20.5 Å². The Hall–Kier alpha value is -2.61. The Morgan fingerprint density at radius 3 is 2.53 bits per heavy atom. The number of aromatic nitrogens is 2. The predicted molar refractivity (Wildman–Crippen MR) is 115 cm³/mol. The van der Waals surface area contributed by atoms with Crippen molar-refractivity contribution in [1.29, 1.82) is 0 Å². The van der Waals surface area contributed by atoms with E-state index < -0.39 is 0 Å². The minimum Gasteiger partial charge on any atom is -0.493 e. The summed E-state index contributed by atoms with van der Waals surface area (Å²) in [5, 5.41) is 0.360. The first kappa shape index (κ1) is 22.1. The van der Waals surface area contributed by atoms with E-state index in [2.05, 4.69) is 10.4 Å². The maximum Gasteiger partial charge on any atom is 0.280 e. The van der Waals surface area contributed by atoms with Crippen LogP contribution in [0.3, 0.4) is 0 Å². The van der Waals surface area contributed by atoms with E-state index in [9.17, 15) is 9.59 Å². The third-order valence-corrected chi connectivity index (χ3v) is 5.59. The number of benzene rings is 1. The number of hydrogen-bond donors (Lipinski definition) is 1. The molecule has 0 saturated heterocycles. The lowest BCUT2D eigenvalue weighted by Crippen LogP contribution is -2.41. The maximum atomic E-state index is 13.3. The Kier molecular flexibility index (Phi) is 6.97. The molecular weight excluding hydrogens is 386 g/mol. The van der Waals surface area contributed by atoms with E-state index in [4.69, 9.17) is 14.2 Å². The van der Waals surface area contributed by atoms with Crippen molar-refractivity contribution in [2.45, 2.75) is 52.1 Å². The van der Waals surface area contributed by atoms with Gasteiger partial charge in [0.1, 0.15) is 5.82 Å². The monoisotopic (exact) mass is 417 g/mol. The van der Waals surface area contributed by atoms with Gasteiger partial charge in [-0.25, -0.2) is 9.66 Å². The average Bonchev–Trinajstić information content (AvgIpc) is 2.75. The van der Waals surface area contributed by atoms with Gasteiger partial charge in [0.15, 0.2) is 11.5 Å². The molecule has 8 heteroatoms. The molecular formula is C22H31N3O5. The summed E-state index contributed by atoms with van der Waals surface area (Å²) in [5.74, 6) is 1.34. The largest absolute Gasteiger partial charge is 0.493 e. The number of rotatable bonds is 7. The van der Waals surface area contributed by atoms with Gasteiger partial charge >= 0.3 is 0 Å². The molecule has 0 unspecified atom stereocenters. The van der Waals surface area contributed by atoms with E-state index in [-0.39, 0.29) is 29.4 Å². The van der Waals surface area contributed by atoms with Crippen LogP contribution in [0, 0.1) is 11.8 Å². The van der Waals surface area contributed by atoms with Gasteiger partial charge in [-0.3, -0.25) is 15.0 Å². The summed E-state index contributed by atoms with van der Waals surface area (Å²) in [4.78, 5) is 31.0. The van der Waals surface area contributed by atoms with Gasteiger partial charge in [-0.2, -0.15) is 0 Å². The molecule has 1 fully saturated rings. The molecule has 2 aromatic rings. The summed E-state index contributed by atoms with van der Waals surface area (Å²) < 4.78 is 17.4. The molecule has 0 spiro atoms. The van der Waals surface area contributed by atoms with Crippen LogP contribution in [0.4, 0.5) is 0 Å². The average molecular weight is 418 g/mol. The van der Waals surface area contributed by atoms with Gasteiger partial charge in [0, 0.05) is 25.5 Å². The Bertz CT molecular complexity index is 969. The highest BCUT2D eigenvalue weighted by Gasteiger charge is 2.28. The number of hydrogen-bond acceptors (Lipinski definition) is 6. The molecule has 1 aliphatic carbocycles. The molecule has 1 aromatic heterocycles. The molecule has 1 N–H and O–H groups in total. The van der Waals surface area contributed by atoms with Crippen molar-refractivity contribution in [3.63, 3.8) is 0 Å². The highest BCUT2D eigenvalue weighted by atomic mass is 16.5. The van der Waals surface area contributed by atoms with Crippen molar-refractivity contribution >= 4 is 16.8 Å². The normalized spacial score (nSPS) is 19.1. The molecule has 1 amide bonds. The van der Waals surface area contributed by atoms with Gasteiger partial charge in [-0.15, -0.1) is 0 Å². The van der Waals surface area contributed by atoms with Gasteiger partial charge in [0.05, 0.1) is 31.2 Å². The molecule has 164 valence electrons. The van der Waals surface area contributed by atoms with Crippen molar-refractivity contribution in [2.24, 2.45) is 11.8 Å². The molecule has 0 bridgehead atoms. The molecule has 30 heavy (non-hydrogen) atoms. The number of methoxy groups -OCH3 is 3. The van der Waals surface area contributed by atoms with E-state index >= 15 is 0 Å². The Labute approximate surface area is 176 Å². The van der Waals surface area contributed by atoms with Crippen LogP contribution in [0.2, 0.25) is 0 Å². The van der Waals surface area contributed by atoms with Crippen LogP contribution in [-0.4, -0.2) is 43.0 Å². The molecule has 0 radical (unpaired) electrons. The zero-order chi connectivity index (χ0) is 21.8. The van der Waals surface area contributed by atoms with Crippen molar-refractivity contribution in [3.8, 4) is 11.5 Å². The Balaban J connectivity index is 2.03. The van der Waals surface area contributed by atoms with Crippen molar-refractivity contribution in [3.05, 3.63) is 28.3 Å². The molecule has 3 rings (SSSR count). The quantitative estimate of drug-likeness (QED) is 0.745. The number of carbonyl (C=O) groups excluding carboxylic acids is 1. The highest BCUT2D eigenvalue weighted by Crippen LogP contribution is 2.30. The van der Waals surface area contributed by atoms with Gasteiger partial charge in [-0.1, -0.05) is 20.3 Å². The third kappa shape index (κ3) is 4.59. The number of amides is 1. The number of nitrogens with zero attached hydrogens (tertiary/aromatic N) is 2. The molecule has 1 aromatic carbocycles. The van der Waals surface area contributed by atoms with Crippen molar-refractivity contribution < 1.29 is 19.0 Å². The second kappa shape index (κ2) is 9.47. The lowest BCUT2D eigenvalue weighted by molar-refractivity contribution is -0.123. The summed E-state index contributed by atoms with van der Waals surface area (Å²) >= 11 is 0. The van der Waals surface area contributed by atoms with Crippen LogP contribution in [0.5, 0.6) is 11.5 Å². The van der Waals surface area contributed by atoms with E-state index in [1.165, 1.54) is 18.9 Å². The molecule has 8 nitrogen and oxygen atoms in total. The maximum absolute atomic E-state index is 13.3. The van der Waals surface area contributed by atoms with Gasteiger partial charge < -0.3 is 14.2 Å². The second-order valence-corrected chi connectivity index (χ2v) is 8.19. The summed E-state index contributed by atoms with van der Waals surface area (Å²) in [6.45, 7) is 4.09. The number of fused-ring (bicyclic) bond motifs is 1.